The molecule has 0 saturated carbocycles. The second kappa shape index (κ2) is 8.67. The van der Waals surface area contributed by atoms with Crippen LogP contribution in [-0.4, -0.2) is 24.5 Å². The SMILES string of the molecule is CCOc1ccc(C(=O)Nc2ccccc2C(=O)NC(C)C)cc1Br. The summed E-state index contributed by atoms with van der Waals surface area (Å²) in [7, 11) is 0. The summed E-state index contributed by atoms with van der Waals surface area (Å²) in [6.45, 7) is 6.21. The van der Waals surface area contributed by atoms with Crippen LogP contribution in [0.1, 0.15) is 41.5 Å². The van der Waals surface area contributed by atoms with Gasteiger partial charge in [0, 0.05) is 11.6 Å². The topological polar surface area (TPSA) is 67.4 Å². The first-order valence-electron chi connectivity index (χ1n) is 8.06. The van der Waals surface area contributed by atoms with Crippen molar-refractivity contribution >= 4 is 33.4 Å². The van der Waals surface area contributed by atoms with Crippen molar-refractivity contribution < 1.29 is 14.3 Å². The Kier molecular flexibility index (Phi) is 6.58. The highest BCUT2D eigenvalue weighted by Gasteiger charge is 2.15. The molecule has 5 nitrogen and oxygen atoms in total. The molecule has 0 heterocycles. The van der Waals surface area contributed by atoms with Crippen molar-refractivity contribution in [2.75, 3.05) is 11.9 Å². The molecule has 0 spiro atoms. The molecule has 0 atom stereocenters. The summed E-state index contributed by atoms with van der Waals surface area (Å²) in [5.41, 5.74) is 1.36. The molecule has 132 valence electrons. The van der Waals surface area contributed by atoms with Crippen molar-refractivity contribution in [1.82, 2.24) is 5.32 Å². The van der Waals surface area contributed by atoms with Crippen LogP contribution in [0.4, 0.5) is 5.69 Å². The van der Waals surface area contributed by atoms with Crippen LogP contribution in [-0.2, 0) is 0 Å². The van der Waals surface area contributed by atoms with E-state index >= 15 is 0 Å². The zero-order valence-corrected chi connectivity index (χ0v) is 16.0. The molecule has 0 fully saturated rings. The molecular formula is C19H21BrN2O3. The van der Waals surface area contributed by atoms with Crippen LogP contribution >= 0.6 is 15.9 Å². The average Bonchev–Trinajstić information content (AvgIpc) is 2.56. The summed E-state index contributed by atoms with van der Waals surface area (Å²) < 4.78 is 6.15. The van der Waals surface area contributed by atoms with Crippen molar-refractivity contribution in [3.8, 4) is 5.75 Å². The number of benzene rings is 2. The maximum Gasteiger partial charge on any atom is 0.255 e. The molecule has 0 unspecified atom stereocenters. The fraction of sp³-hybridized carbons (Fsp3) is 0.263. The minimum atomic E-state index is -0.298. The molecule has 2 amide bonds. The quantitative estimate of drug-likeness (QED) is 0.756. The molecule has 0 aliphatic heterocycles. The van der Waals surface area contributed by atoms with Crippen LogP contribution in [0.25, 0.3) is 0 Å². The largest absolute Gasteiger partial charge is 0.493 e. The van der Waals surface area contributed by atoms with E-state index in [1.54, 1.807) is 42.5 Å². The highest BCUT2D eigenvalue weighted by molar-refractivity contribution is 9.10. The third-order valence-electron chi connectivity index (χ3n) is 3.33. The number of anilines is 1. The van der Waals surface area contributed by atoms with E-state index in [1.807, 2.05) is 20.8 Å². The molecule has 0 aliphatic rings. The van der Waals surface area contributed by atoms with Crippen molar-refractivity contribution in [3.63, 3.8) is 0 Å². The number of para-hydroxylation sites is 1. The van der Waals surface area contributed by atoms with Crippen molar-refractivity contribution in [3.05, 3.63) is 58.1 Å². The van der Waals surface area contributed by atoms with Crippen LogP contribution in [0, 0.1) is 0 Å². The summed E-state index contributed by atoms with van der Waals surface area (Å²) in [5.74, 6) is 0.156. The van der Waals surface area contributed by atoms with Gasteiger partial charge in [0.05, 0.1) is 22.3 Å². The normalized spacial score (nSPS) is 10.4. The van der Waals surface area contributed by atoms with Gasteiger partial charge in [0.15, 0.2) is 0 Å². The van der Waals surface area contributed by atoms with E-state index in [9.17, 15) is 9.59 Å². The zero-order chi connectivity index (χ0) is 18.4. The maximum absolute atomic E-state index is 12.5. The number of amides is 2. The molecule has 25 heavy (non-hydrogen) atoms. The van der Waals surface area contributed by atoms with Gasteiger partial charge in [-0.25, -0.2) is 0 Å². The first-order chi connectivity index (χ1) is 11.9. The van der Waals surface area contributed by atoms with Crippen molar-refractivity contribution in [2.24, 2.45) is 0 Å². The van der Waals surface area contributed by atoms with E-state index in [4.69, 9.17) is 4.74 Å². The van der Waals surface area contributed by atoms with Crippen LogP contribution < -0.4 is 15.4 Å². The lowest BCUT2D eigenvalue weighted by molar-refractivity contribution is 0.0944. The Labute approximate surface area is 155 Å². The Bertz CT molecular complexity index is 775. The van der Waals surface area contributed by atoms with Gasteiger partial charge in [0.25, 0.3) is 11.8 Å². The predicted octanol–water partition coefficient (Wildman–Crippen LogP) is 4.24. The third-order valence-corrected chi connectivity index (χ3v) is 3.95. The van der Waals surface area contributed by atoms with Gasteiger partial charge in [-0.1, -0.05) is 12.1 Å². The first kappa shape index (κ1) is 19.0. The van der Waals surface area contributed by atoms with Crippen LogP contribution in [0.15, 0.2) is 46.9 Å². The van der Waals surface area contributed by atoms with E-state index in [0.29, 0.717) is 33.6 Å². The lowest BCUT2D eigenvalue weighted by Crippen LogP contribution is -2.31. The van der Waals surface area contributed by atoms with Gasteiger partial charge >= 0.3 is 0 Å². The number of carbonyl (C=O) groups is 2. The van der Waals surface area contributed by atoms with Gasteiger partial charge in [-0.2, -0.15) is 0 Å². The van der Waals surface area contributed by atoms with Crippen LogP contribution in [0.3, 0.4) is 0 Å². The Morgan fingerprint density at radius 2 is 1.84 bits per heavy atom. The molecular weight excluding hydrogens is 384 g/mol. The van der Waals surface area contributed by atoms with Crippen LogP contribution in [0.5, 0.6) is 5.75 Å². The average molecular weight is 405 g/mol. The Balaban J connectivity index is 2.21. The molecule has 2 aromatic rings. The van der Waals surface area contributed by atoms with Crippen molar-refractivity contribution in [1.29, 1.82) is 0 Å². The summed E-state index contributed by atoms with van der Waals surface area (Å²) in [6, 6.07) is 12.0. The standard InChI is InChI=1S/C19H21BrN2O3/c1-4-25-17-10-9-13(11-15(17)20)18(23)22-16-8-6-5-7-14(16)19(24)21-12(2)3/h5-12H,4H2,1-3H3,(H,21,24)(H,22,23). The van der Waals surface area contributed by atoms with E-state index < -0.39 is 0 Å². The smallest absolute Gasteiger partial charge is 0.255 e. The number of ether oxygens (including phenoxy) is 1. The minimum absolute atomic E-state index is 0.0123. The minimum Gasteiger partial charge on any atom is -0.493 e. The Hall–Kier alpha value is -2.34. The fourth-order valence-corrected chi connectivity index (χ4v) is 2.73. The predicted molar refractivity (Wildman–Crippen MR) is 102 cm³/mol. The fourth-order valence-electron chi connectivity index (χ4n) is 2.24. The molecule has 2 rings (SSSR count). The third kappa shape index (κ3) is 5.06. The van der Waals surface area contributed by atoms with Gasteiger partial charge < -0.3 is 15.4 Å². The second-order valence-electron chi connectivity index (χ2n) is 5.71. The summed E-state index contributed by atoms with van der Waals surface area (Å²) in [4.78, 5) is 24.8. The van der Waals surface area contributed by atoms with Crippen molar-refractivity contribution in [2.45, 2.75) is 26.8 Å². The van der Waals surface area contributed by atoms with E-state index in [0.717, 1.165) is 0 Å². The summed E-state index contributed by atoms with van der Waals surface area (Å²) in [5, 5.41) is 5.63. The lowest BCUT2D eigenvalue weighted by atomic mass is 10.1. The van der Waals surface area contributed by atoms with Gasteiger partial charge in [-0.3, -0.25) is 9.59 Å². The number of hydrogen-bond acceptors (Lipinski definition) is 3. The highest BCUT2D eigenvalue weighted by atomic mass is 79.9. The van der Waals surface area contributed by atoms with E-state index in [2.05, 4.69) is 26.6 Å². The molecule has 0 saturated heterocycles. The van der Waals surface area contributed by atoms with E-state index in [1.165, 1.54) is 0 Å². The first-order valence-corrected chi connectivity index (χ1v) is 8.85. The van der Waals surface area contributed by atoms with Gasteiger partial charge in [0.1, 0.15) is 5.75 Å². The Morgan fingerprint density at radius 1 is 1.12 bits per heavy atom. The van der Waals surface area contributed by atoms with E-state index in [-0.39, 0.29) is 17.9 Å². The molecule has 6 heteroatoms. The lowest BCUT2D eigenvalue weighted by Gasteiger charge is -2.13. The monoisotopic (exact) mass is 404 g/mol. The molecule has 0 aromatic heterocycles. The number of nitrogens with one attached hydrogen (secondary N) is 2. The summed E-state index contributed by atoms with van der Waals surface area (Å²) in [6.07, 6.45) is 0. The highest BCUT2D eigenvalue weighted by Crippen LogP contribution is 2.26. The maximum atomic E-state index is 12.5. The van der Waals surface area contributed by atoms with Gasteiger partial charge in [0.2, 0.25) is 0 Å². The number of rotatable bonds is 6. The Morgan fingerprint density at radius 3 is 2.48 bits per heavy atom. The number of hydrogen-bond donors (Lipinski definition) is 2. The molecule has 0 radical (unpaired) electrons. The van der Waals surface area contributed by atoms with Gasteiger partial charge in [-0.15, -0.1) is 0 Å². The summed E-state index contributed by atoms with van der Waals surface area (Å²) >= 11 is 3.40. The molecule has 2 N–H and O–H groups in total. The zero-order valence-electron chi connectivity index (χ0n) is 14.4. The molecule has 0 bridgehead atoms. The van der Waals surface area contributed by atoms with Gasteiger partial charge in [-0.05, 0) is 67.0 Å². The molecule has 0 aliphatic carbocycles. The molecule has 2 aromatic carbocycles. The van der Waals surface area contributed by atoms with Crippen LogP contribution in [0.2, 0.25) is 0 Å². The second-order valence-corrected chi connectivity index (χ2v) is 6.56. The number of halogens is 1. The number of carbonyl (C=O) groups excluding carboxylic acids is 2.